The van der Waals surface area contributed by atoms with Gasteiger partial charge in [-0.05, 0) is 56.0 Å². The van der Waals surface area contributed by atoms with Crippen LogP contribution >= 0.6 is 11.8 Å². The summed E-state index contributed by atoms with van der Waals surface area (Å²) < 4.78 is 0. The minimum Gasteiger partial charge on any atom is -0.383 e. The van der Waals surface area contributed by atoms with Gasteiger partial charge in [0, 0.05) is 17.3 Å². The van der Waals surface area contributed by atoms with Crippen molar-refractivity contribution < 1.29 is 4.79 Å². The number of carbonyl (C=O) groups is 1. The zero-order valence-corrected chi connectivity index (χ0v) is 11.6. The quantitative estimate of drug-likeness (QED) is 0.590. The minimum atomic E-state index is 0.115. The lowest BCUT2D eigenvalue weighted by molar-refractivity contribution is 0.101. The van der Waals surface area contributed by atoms with E-state index in [2.05, 4.69) is 19.2 Å². The molecule has 3 heteroatoms. The van der Waals surface area contributed by atoms with E-state index in [-0.39, 0.29) is 5.78 Å². The van der Waals surface area contributed by atoms with Crippen LogP contribution in [0.2, 0.25) is 0 Å². The number of nitrogens with one attached hydrogen (secondary N) is 1. The second-order valence-corrected chi connectivity index (χ2v) is 5.56. The molecule has 1 N–H and O–H groups in total. The maximum Gasteiger partial charge on any atom is 0.159 e. The standard InChI is InChI=1S/C14H21NOS/c1-4-17-10-9-11(2)15-14-7-5-13(6-8-14)12(3)16/h5-8,11,15H,4,9-10H2,1-3H3. The van der Waals surface area contributed by atoms with Crippen molar-refractivity contribution in [1.29, 1.82) is 0 Å². The van der Waals surface area contributed by atoms with Crippen LogP contribution in [-0.4, -0.2) is 23.3 Å². The molecule has 2 nitrogen and oxygen atoms in total. The molecule has 0 aliphatic rings. The lowest BCUT2D eigenvalue weighted by Crippen LogP contribution is -2.15. The van der Waals surface area contributed by atoms with Crippen molar-refractivity contribution in [1.82, 2.24) is 0 Å². The Kier molecular flexibility index (Phi) is 6.12. The monoisotopic (exact) mass is 251 g/mol. The predicted octanol–water partition coefficient (Wildman–Crippen LogP) is 3.83. The molecule has 94 valence electrons. The van der Waals surface area contributed by atoms with Crippen molar-refractivity contribution in [3.63, 3.8) is 0 Å². The molecule has 0 saturated heterocycles. The fraction of sp³-hybridized carbons (Fsp3) is 0.500. The van der Waals surface area contributed by atoms with Crippen molar-refractivity contribution in [3.05, 3.63) is 29.8 Å². The lowest BCUT2D eigenvalue weighted by atomic mass is 10.1. The molecule has 0 aliphatic heterocycles. The second kappa shape index (κ2) is 7.38. The Labute approximate surface area is 108 Å². The molecule has 0 heterocycles. The molecule has 0 bridgehead atoms. The molecule has 0 fully saturated rings. The molecule has 1 unspecified atom stereocenters. The molecule has 17 heavy (non-hydrogen) atoms. The van der Waals surface area contributed by atoms with Crippen LogP contribution in [-0.2, 0) is 0 Å². The normalized spacial score (nSPS) is 12.2. The summed E-state index contributed by atoms with van der Waals surface area (Å²) in [5.41, 5.74) is 1.86. The molecule has 0 spiro atoms. The SMILES string of the molecule is CCSCCC(C)Nc1ccc(C(C)=O)cc1. The maximum atomic E-state index is 11.1. The summed E-state index contributed by atoms with van der Waals surface area (Å²) in [5.74, 6) is 2.49. The zero-order chi connectivity index (χ0) is 12.7. The van der Waals surface area contributed by atoms with E-state index in [1.807, 2.05) is 36.0 Å². The van der Waals surface area contributed by atoms with Gasteiger partial charge in [0.2, 0.25) is 0 Å². The van der Waals surface area contributed by atoms with E-state index < -0.39 is 0 Å². The molecule has 0 saturated carbocycles. The molecule has 0 radical (unpaired) electrons. The Bertz CT molecular complexity index is 348. The fourth-order valence-electron chi connectivity index (χ4n) is 1.56. The van der Waals surface area contributed by atoms with E-state index in [0.29, 0.717) is 6.04 Å². The number of ketones is 1. The number of benzene rings is 1. The summed E-state index contributed by atoms with van der Waals surface area (Å²) in [4.78, 5) is 11.1. The summed E-state index contributed by atoms with van der Waals surface area (Å²) in [6.45, 7) is 5.96. The summed E-state index contributed by atoms with van der Waals surface area (Å²) in [6.07, 6.45) is 1.16. The molecule has 0 aromatic heterocycles. The van der Waals surface area contributed by atoms with E-state index in [1.165, 1.54) is 11.5 Å². The first kappa shape index (κ1) is 14.1. The first-order valence-corrected chi connectivity index (χ1v) is 7.24. The summed E-state index contributed by atoms with van der Waals surface area (Å²) in [7, 11) is 0. The Balaban J connectivity index is 2.43. The van der Waals surface area contributed by atoms with Crippen LogP contribution in [0.25, 0.3) is 0 Å². The summed E-state index contributed by atoms with van der Waals surface area (Å²) in [5, 5.41) is 3.44. The highest BCUT2D eigenvalue weighted by Gasteiger charge is 2.03. The van der Waals surface area contributed by atoms with Gasteiger partial charge in [0.1, 0.15) is 0 Å². The van der Waals surface area contributed by atoms with E-state index in [1.54, 1.807) is 6.92 Å². The van der Waals surface area contributed by atoms with Gasteiger partial charge in [-0.2, -0.15) is 11.8 Å². The number of thioether (sulfide) groups is 1. The summed E-state index contributed by atoms with van der Waals surface area (Å²) in [6, 6.07) is 8.16. The van der Waals surface area contributed by atoms with Gasteiger partial charge in [-0.15, -0.1) is 0 Å². The second-order valence-electron chi connectivity index (χ2n) is 4.16. The number of hydrogen-bond acceptors (Lipinski definition) is 3. The molecule has 1 atom stereocenters. The van der Waals surface area contributed by atoms with Crippen LogP contribution in [0.1, 0.15) is 37.6 Å². The first-order chi connectivity index (χ1) is 8.13. The van der Waals surface area contributed by atoms with Gasteiger partial charge in [-0.3, -0.25) is 4.79 Å². The van der Waals surface area contributed by atoms with Gasteiger partial charge < -0.3 is 5.32 Å². The third kappa shape index (κ3) is 5.26. The van der Waals surface area contributed by atoms with Crippen LogP contribution < -0.4 is 5.32 Å². The van der Waals surface area contributed by atoms with Crippen LogP contribution in [0.4, 0.5) is 5.69 Å². The van der Waals surface area contributed by atoms with Crippen molar-refractivity contribution >= 4 is 23.2 Å². The lowest BCUT2D eigenvalue weighted by Gasteiger charge is -2.15. The third-order valence-corrected chi connectivity index (χ3v) is 3.54. The largest absolute Gasteiger partial charge is 0.383 e. The van der Waals surface area contributed by atoms with E-state index >= 15 is 0 Å². The highest BCUT2D eigenvalue weighted by molar-refractivity contribution is 7.99. The molecule has 0 amide bonds. The number of carbonyl (C=O) groups excluding carboxylic acids is 1. The number of hydrogen-bond donors (Lipinski definition) is 1. The van der Waals surface area contributed by atoms with Crippen molar-refractivity contribution in [2.24, 2.45) is 0 Å². The van der Waals surface area contributed by atoms with Crippen molar-refractivity contribution in [3.8, 4) is 0 Å². The van der Waals surface area contributed by atoms with Crippen molar-refractivity contribution in [2.75, 3.05) is 16.8 Å². The minimum absolute atomic E-state index is 0.115. The Morgan fingerprint density at radius 2 is 2.00 bits per heavy atom. The van der Waals surface area contributed by atoms with Crippen LogP contribution in [0.5, 0.6) is 0 Å². The zero-order valence-electron chi connectivity index (χ0n) is 10.8. The van der Waals surface area contributed by atoms with Crippen LogP contribution in [0.15, 0.2) is 24.3 Å². The van der Waals surface area contributed by atoms with Gasteiger partial charge in [0.15, 0.2) is 5.78 Å². The van der Waals surface area contributed by atoms with Crippen molar-refractivity contribution in [2.45, 2.75) is 33.2 Å². The van der Waals surface area contributed by atoms with Crippen LogP contribution in [0.3, 0.4) is 0 Å². The van der Waals surface area contributed by atoms with Crippen LogP contribution in [0, 0.1) is 0 Å². The number of Topliss-reactive ketones (excluding diaryl/α,β-unsaturated/α-hetero) is 1. The Hall–Kier alpha value is -0.960. The average Bonchev–Trinajstić information content (AvgIpc) is 2.30. The van der Waals surface area contributed by atoms with E-state index in [4.69, 9.17) is 0 Å². The molecule has 1 aromatic carbocycles. The Morgan fingerprint density at radius 3 is 2.53 bits per heavy atom. The van der Waals surface area contributed by atoms with Gasteiger partial charge in [-0.1, -0.05) is 6.92 Å². The van der Waals surface area contributed by atoms with Gasteiger partial charge in [-0.25, -0.2) is 0 Å². The van der Waals surface area contributed by atoms with Gasteiger partial charge in [0.05, 0.1) is 0 Å². The first-order valence-electron chi connectivity index (χ1n) is 6.08. The average molecular weight is 251 g/mol. The highest BCUT2D eigenvalue weighted by atomic mass is 32.2. The molecular formula is C14H21NOS. The fourth-order valence-corrected chi connectivity index (χ4v) is 2.37. The third-order valence-electron chi connectivity index (χ3n) is 2.60. The predicted molar refractivity (Wildman–Crippen MR) is 77.1 cm³/mol. The Morgan fingerprint density at radius 1 is 1.35 bits per heavy atom. The molecular weight excluding hydrogens is 230 g/mol. The highest BCUT2D eigenvalue weighted by Crippen LogP contribution is 2.13. The van der Waals surface area contributed by atoms with Gasteiger partial charge in [0.25, 0.3) is 0 Å². The number of anilines is 1. The van der Waals surface area contributed by atoms with Gasteiger partial charge >= 0.3 is 0 Å². The topological polar surface area (TPSA) is 29.1 Å². The van der Waals surface area contributed by atoms with E-state index in [9.17, 15) is 4.79 Å². The molecule has 1 rings (SSSR count). The summed E-state index contributed by atoms with van der Waals surface area (Å²) >= 11 is 1.97. The molecule has 0 aliphatic carbocycles. The van der Waals surface area contributed by atoms with E-state index in [0.717, 1.165) is 17.7 Å². The molecule has 1 aromatic rings. The number of rotatable bonds is 7. The maximum absolute atomic E-state index is 11.1. The smallest absolute Gasteiger partial charge is 0.159 e.